The molecule has 0 bridgehead atoms. The Morgan fingerprint density at radius 1 is 1.17 bits per heavy atom. The molecule has 0 aliphatic carbocycles. The Balaban J connectivity index is 0.00000300. The van der Waals surface area contributed by atoms with Crippen molar-refractivity contribution in [1.29, 1.82) is 0 Å². The van der Waals surface area contributed by atoms with Gasteiger partial charge in [0.15, 0.2) is 17.5 Å². The first-order valence-corrected chi connectivity index (χ1v) is 9.19. The van der Waals surface area contributed by atoms with Crippen molar-refractivity contribution in [3.8, 4) is 5.75 Å². The Morgan fingerprint density at radius 2 is 1.90 bits per heavy atom. The average Bonchev–Trinajstić information content (AvgIpc) is 3.10. The van der Waals surface area contributed by atoms with Crippen LogP contribution in [0.1, 0.15) is 18.9 Å². The molecular weight excluding hydrogens is 496 g/mol. The highest BCUT2D eigenvalue weighted by Gasteiger charge is 2.27. The molecule has 0 saturated carbocycles. The molecule has 2 aromatic carbocycles. The number of nitrogens with zero attached hydrogens (tertiary/aromatic N) is 2. The topological polar surface area (TPSA) is 59.9 Å². The molecule has 0 spiro atoms. The van der Waals surface area contributed by atoms with Gasteiger partial charge in [0.2, 0.25) is 0 Å². The lowest BCUT2D eigenvalue weighted by Crippen LogP contribution is -2.44. The molecule has 3 N–H and O–H groups in total. The van der Waals surface area contributed by atoms with Gasteiger partial charge in [0, 0.05) is 25.7 Å². The van der Waals surface area contributed by atoms with Crippen molar-refractivity contribution in [2.75, 3.05) is 24.5 Å². The summed E-state index contributed by atoms with van der Waals surface area (Å²) in [6.45, 7) is 3.75. The Hall–Kier alpha value is -2.17. The first-order valence-electron chi connectivity index (χ1n) is 9.19. The van der Waals surface area contributed by atoms with Crippen molar-refractivity contribution in [1.82, 2.24) is 10.6 Å². The molecule has 1 heterocycles. The molecule has 1 unspecified atom stereocenters. The van der Waals surface area contributed by atoms with E-state index >= 15 is 0 Å². The fourth-order valence-electron chi connectivity index (χ4n) is 3.20. The number of rotatable bonds is 5. The van der Waals surface area contributed by atoms with Crippen LogP contribution in [-0.4, -0.2) is 36.7 Å². The summed E-state index contributed by atoms with van der Waals surface area (Å²) in [5.74, 6) is -1.70. The third-order valence-electron chi connectivity index (χ3n) is 4.56. The van der Waals surface area contributed by atoms with Crippen LogP contribution in [0.25, 0.3) is 0 Å². The highest BCUT2D eigenvalue weighted by atomic mass is 127. The number of nitrogens with one attached hydrogen (secondary N) is 2. The van der Waals surface area contributed by atoms with Gasteiger partial charge in [-0.15, -0.1) is 24.0 Å². The third-order valence-corrected chi connectivity index (χ3v) is 4.56. The van der Waals surface area contributed by atoms with E-state index in [0.717, 1.165) is 0 Å². The maximum absolute atomic E-state index is 14.0. The van der Waals surface area contributed by atoms with Crippen molar-refractivity contribution >= 4 is 35.6 Å². The van der Waals surface area contributed by atoms with Crippen molar-refractivity contribution in [2.24, 2.45) is 4.99 Å². The summed E-state index contributed by atoms with van der Waals surface area (Å²) in [5, 5.41) is 15.6. The van der Waals surface area contributed by atoms with Gasteiger partial charge < -0.3 is 20.6 Å². The minimum atomic E-state index is -0.691. The number of phenols is 1. The van der Waals surface area contributed by atoms with Gasteiger partial charge in [-0.25, -0.2) is 18.2 Å². The van der Waals surface area contributed by atoms with E-state index in [1.54, 1.807) is 11.0 Å². The quantitative estimate of drug-likeness (QED) is 0.320. The van der Waals surface area contributed by atoms with Crippen LogP contribution in [0.2, 0.25) is 0 Å². The van der Waals surface area contributed by atoms with Crippen LogP contribution in [0.15, 0.2) is 41.4 Å². The predicted molar refractivity (Wildman–Crippen MR) is 118 cm³/mol. The molecule has 2 aromatic rings. The smallest absolute Gasteiger partial charge is 0.191 e. The second-order valence-corrected chi connectivity index (χ2v) is 6.63. The fraction of sp³-hybridized carbons (Fsp3) is 0.350. The van der Waals surface area contributed by atoms with E-state index in [1.807, 2.05) is 6.92 Å². The number of guanidine groups is 1. The first kappa shape index (κ1) is 23.1. The molecule has 29 heavy (non-hydrogen) atoms. The van der Waals surface area contributed by atoms with E-state index in [4.69, 9.17) is 0 Å². The summed E-state index contributed by atoms with van der Waals surface area (Å²) in [4.78, 5) is 6.11. The summed E-state index contributed by atoms with van der Waals surface area (Å²) in [6, 6.07) is 7.95. The van der Waals surface area contributed by atoms with Crippen molar-refractivity contribution < 1.29 is 18.3 Å². The molecule has 0 aromatic heterocycles. The second-order valence-electron chi connectivity index (χ2n) is 6.63. The van der Waals surface area contributed by atoms with Gasteiger partial charge in [-0.2, -0.15) is 0 Å². The number of hydrogen-bond acceptors (Lipinski definition) is 3. The normalized spacial score (nSPS) is 16.5. The zero-order chi connectivity index (χ0) is 20.1. The number of phenolic OH excluding ortho intramolecular Hbond substituents is 1. The molecule has 1 aliphatic heterocycles. The van der Waals surface area contributed by atoms with Crippen LogP contribution < -0.4 is 15.5 Å². The standard InChI is InChI=1S/C20H23F3N4O.HI/c1-2-24-20(25-11-13-6-7-18(28)17(23)10-13)26-14-8-9-27(12-14)19-15(21)4-3-5-16(19)22;/h3-7,10,14,28H,2,8-9,11-12H2,1H3,(H2,24,25,26);1H. The molecule has 1 atom stereocenters. The molecule has 1 aliphatic rings. The highest BCUT2D eigenvalue weighted by molar-refractivity contribution is 14.0. The number of hydrogen-bond donors (Lipinski definition) is 3. The number of halogens is 4. The van der Waals surface area contributed by atoms with Crippen LogP contribution in [0.5, 0.6) is 5.75 Å². The zero-order valence-corrected chi connectivity index (χ0v) is 18.3. The van der Waals surface area contributed by atoms with Crippen LogP contribution in [0.4, 0.5) is 18.9 Å². The lowest BCUT2D eigenvalue weighted by molar-refractivity contribution is 0.432. The van der Waals surface area contributed by atoms with Gasteiger partial charge in [-0.05, 0) is 43.2 Å². The SMILES string of the molecule is CCNC(=NCc1ccc(O)c(F)c1)NC1CCN(c2c(F)cccc2F)C1.I. The van der Waals surface area contributed by atoms with E-state index in [0.29, 0.717) is 37.6 Å². The maximum atomic E-state index is 14.0. The van der Waals surface area contributed by atoms with Gasteiger partial charge in [0.05, 0.1) is 6.54 Å². The first-order chi connectivity index (χ1) is 13.5. The lowest BCUT2D eigenvalue weighted by atomic mass is 10.2. The molecule has 0 amide bonds. The molecule has 5 nitrogen and oxygen atoms in total. The Morgan fingerprint density at radius 3 is 2.55 bits per heavy atom. The highest BCUT2D eigenvalue weighted by Crippen LogP contribution is 2.26. The second kappa shape index (κ2) is 10.6. The monoisotopic (exact) mass is 520 g/mol. The fourth-order valence-corrected chi connectivity index (χ4v) is 3.20. The van der Waals surface area contributed by atoms with Crippen LogP contribution in [-0.2, 0) is 6.54 Å². The number of benzene rings is 2. The summed E-state index contributed by atoms with van der Waals surface area (Å²) < 4.78 is 41.4. The van der Waals surface area contributed by atoms with Gasteiger partial charge >= 0.3 is 0 Å². The van der Waals surface area contributed by atoms with Crippen molar-refractivity contribution in [2.45, 2.75) is 25.9 Å². The van der Waals surface area contributed by atoms with E-state index < -0.39 is 23.2 Å². The van der Waals surface area contributed by atoms with E-state index in [9.17, 15) is 18.3 Å². The van der Waals surface area contributed by atoms with Gasteiger partial charge in [0.25, 0.3) is 0 Å². The van der Waals surface area contributed by atoms with E-state index in [2.05, 4.69) is 15.6 Å². The summed E-state index contributed by atoms with van der Waals surface area (Å²) in [7, 11) is 0. The average molecular weight is 520 g/mol. The number of para-hydroxylation sites is 1. The van der Waals surface area contributed by atoms with Crippen molar-refractivity contribution in [3.05, 3.63) is 59.4 Å². The lowest BCUT2D eigenvalue weighted by Gasteiger charge is -2.21. The van der Waals surface area contributed by atoms with Crippen LogP contribution >= 0.6 is 24.0 Å². The van der Waals surface area contributed by atoms with Gasteiger partial charge in [-0.1, -0.05) is 12.1 Å². The van der Waals surface area contributed by atoms with E-state index in [1.165, 1.54) is 30.3 Å². The maximum Gasteiger partial charge on any atom is 0.191 e. The predicted octanol–water partition coefficient (Wildman–Crippen LogP) is 3.76. The van der Waals surface area contributed by atoms with Crippen LogP contribution in [0, 0.1) is 17.5 Å². The number of anilines is 1. The molecule has 3 rings (SSSR count). The third kappa shape index (κ3) is 5.91. The molecule has 0 radical (unpaired) electrons. The molecule has 1 fully saturated rings. The van der Waals surface area contributed by atoms with E-state index in [-0.39, 0.29) is 42.3 Å². The Bertz CT molecular complexity index is 845. The van der Waals surface area contributed by atoms with Crippen molar-refractivity contribution in [3.63, 3.8) is 0 Å². The minimum Gasteiger partial charge on any atom is -0.505 e. The van der Waals surface area contributed by atoms with Gasteiger partial charge in [0.1, 0.15) is 17.3 Å². The minimum absolute atomic E-state index is 0. The molecular formula is C20H24F3IN4O. The van der Waals surface area contributed by atoms with Crippen LogP contribution in [0.3, 0.4) is 0 Å². The Kier molecular flexibility index (Phi) is 8.42. The Labute approximate surface area is 185 Å². The molecule has 1 saturated heterocycles. The number of aromatic hydroxyl groups is 1. The largest absolute Gasteiger partial charge is 0.505 e. The molecule has 158 valence electrons. The summed E-state index contributed by atoms with van der Waals surface area (Å²) in [6.07, 6.45) is 0.700. The molecule has 9 heteroatoms. The number of aliphatic imine (C=N–C) groups is 1. The van der Waals surface area contributed by atoms with Gasteiger partial charge in [-0.3, -0.25) is 0 Å². The summed E-state index contributed by atoms with van der Waals surface area (Å²) in [5.41, 5.74) is 0.613. The zero-order valence-electron chi connectivity index (χ0n) is 16.0. The summed E-state index contributed by atoms with van der Waals surface area (Å²) >= 11 is 0.